The molecular formula is C23H20N2OS. The Morgan fingerprint density at radius 3 is 2.48 bits per heavy atom. The smallest absolute Gasteiger partial charge is 0.279 e. The van der Waals surface area contributed by atoms with Gasteiger partial charge in [-0.05, 0) is 54.0 Å². The summed E-state index contributed by atoms with van der Waals surface area (Å²) < 4.78 is 3.77. The minimum atomic E-state index is 0.0549. The molecule has 1 aromatic heterocycles. The maximum atomic E-state index is 13.6. The lowest BCUT2D eigenvalue weighted by Crippen LogP contribution is -2.19. The number of thioether (sulfide) groups is 1. The van der Waals surface area contributed by atoms with Crippen LogP contribution in [-0.2, 0) is 19.9 Å². The molecule has 0 bridgehead atoms. The average Bonchev–Trinajstić information content (AvgIpc) is 2.97. The maximum Gasteiger partial charge on any atom is 0.279 e. The van der Waals surface area contributed by atoms with E-state index in [0.717, 1.165) is 35.0 Å². The second-order valence-corrected chi connectivity index (χ2v) is 7.81. The van der Waals surface area contributed by atoms with E-state index >= 15 is 0 Å². The second kappa shape index (κ2) is 6.17. The first-order valence-electron chi connectivity index (χ1n) is 9.16. The number of fused-ring (bicyclic) bond motifs is 5. The Kier molecular flexibility index (Phi) is 3.76. The highest BCUT2D eigenvalue weighted by atomic mass is 32.2. The second-order valence-electron chi connectivity index (χ2n) is 6.96. The number of rotatable bonds is 2. The zero-order chi connectivity index (χ0) is 18.5. The molecule has 5 rings (SSSR count). The molecule has 0 saturated carbocycles. The minimum Gasteiger partial charge on any atom is -0.280 e. The van der Waals surface area contributed by atoms with Gasteiger partial charge in [-0.3, -0.25) is 9.48 Å². The third-order valence-corrected chi connectivity index (χ3v) is 6.38. The van der Waals surface area contributed by atoms with Crippen molar-refractivity contribution in [1.82, 2.24) is 9.36 Å². The van der Waals surface area contributed by atoms with E-state index in [1.807, 2.05) is 42.1 Å². The molecule has 3 nitrogen and oxygen atoms in total. The molecule has 0 atom stereocenters. The average molecular weight is 372 g/mol. The van der Waals surface area contributed by atoms with Crippen molar-refractivity contribution < 1.29 is 0 Å². The van der Waals surface area contributed by atoms with Gasteiger partial charge < -0.3 is 0 Å². The summed E-state index contributed by atoms with van der Waals surface area (Å²) in [5.41, 5.74) is 6.93. The van der Waals surface area contributed by atoms with E-state index in [0.29, 0.717) is 0 Å². The van der Waals surface area contributed by atoms with Gasteiger partial charge in [0.15, 0.2) is 0 Å². The Hall–Kier alpha value is -2.72. The Labute approximate surface area is 162 Å². The van der Waals surface area contributed by atoms with Crippen LogP contribution in [0, 0.1) is 0 Å². The van der Waals surface area contributed by atoms with E-state index in [4.69, 9.17) is 0 Å². The zero-order valence-electron chi connectivity index (χ0n) is 15.4. The van der Waals surface area contributed by atoms with Gasteiger partial charge in [0, 0.05) is 17.5 Å². The van der Waals surface area contributed by atoms with Gasteiger partial charge in [0.1, 0.15) is 0 Å². The number of aromatic nitrogens is 2. The molecule has 27 heavy (non-hydrogen) atoms. The van der Waals surface area contributed by atoms with Crippen LogP contribution in [0.3, 0.4) is 0 Å². The third-order valence-electron chi connectivity index (χ3n) is 5.58. The van der Waals surface area contributed by atoms with E-state index in [1.54, 1.807) is 16.4 Å². The summed E-state index contributed by atoms with van der Waals surface area (Å²) in [7, 11) is 1.97. The Bertz CT molecular complexity index is 1230. The fraction of sp³-hybridized carbons (Fsp3) is 0.174. The predicted molar refractivity (Wildman–Crippen MR) is 113 cm³/mol. The van der Waals surface area contributed by atoms with Crippen molar-refractivity contribution in [1.29, 1.82) is 0 Å². The van der Waals surface area contributed by atoms with Crippen molar-refractivity contribution in [3.05, 3.63) is 82.1 Å². The largest absolute Gasteiger partial charge is 0.280 e. The number of para-hydroxylation sites is 1. The molecule has 0 saturated heterocycles. The predicted octanol–water partition coefficient (Wildman–Crippen LogP) is 4.82. The Morgan fingerprint density at radius 1 is 0.963 bits per heavy atom. The first-order chi connectivity index (χ1) is 13.2. The summed E-state index contributed by atoms with van der Waals surface area (Å²) in [5.74, 6) is 0. The highest BCUT2D eigenvalue weighted by Crippen LogP contribution is 2.42. The van der Waals surface area contributed by atoms with E-state index < -0.39 is 0 Å². The fourth-order valence-corrected chi connectivity index (χ4v) is 5.02. The molecule has 4 heteroatoms. The lowest BCUT2D eigenvalue weighted by molar-refractivity contribution is 0.666. The topological polar surface area (TPSA) is 26.9 Å². The van der Waals surface area contributed by atoms with Crippen LogP contribution in [0.2, 0.25) is 0 Å². The molecular weight excluding hydrogens is 352 g/mol. The molecule has 134 valence electrons. The van der Waals surface area contributed by atoms with Gasteiger partial charge in [-0.25, -0.2) is 4.68 Å². The zero-order valence-corrected chi connectivity index (χ0v) is 16.2. The number of nitrogens with zero attached hydrogens (tertiary/aromatic N) is 2. The van der Waals surface area contributed by atoms with Gasteiger partial charge in [0.2, 0.25) is 0 Å². The van der Waals surface area contributed by atoms with Crippen LogP contribution in [0.4, 0.5) is 0 Å². The number of hydrogen-bond donors (Lipinski definition) is 0. The van der Waals surface area contributed by atoms with Crippen LogP contribution >= 0.6 is 11.8 Å². The van der Waals surface area contributed by atoms with Crippen LogP contribution in [0.1, 0.15) is 11.1 Å². The SMILES string of the molecule is CSc1cc2c(c3c1CCc1ccccc1-3)c(=O)n(-c1ccccc1)n2C. The molecule has 0 unspecified atom stereocenters. The number of benzene rings is 3. The van der Waals surface area contributed by atoms with Crippen molar-refractivity contribution in [2.75, 3.05) is 6.26 Å². The number of aryl methyl sites for hydroxylation is 2. The van der Waals surface area contributed by atoms with E-state index in [1.165, 1.54) is 21.6 Å². The Balaban J connectivity index is 1.96. The molecule has 3 aromatic carbocycles. The summed E-state index contributed by atoms with van der Waals surface area (Å²) in [6.45, 7) is 0. The van der Waals surface area contributed by atoms with Crippen LogP contribution in [-0.4, -0.2) is 15.6 Å². The Morgan fingerprint density at radius 2 is 1.70 bits per heavy atom. The quantitative estimate of drug-likeness (QED) is 0.472. The lowest BCUT2D eigenvalue weighted by Gasteiger charge is -2.22. The molecule has 0 aliphatic heterocycles. The first-order valence-corrected chi connectivity index (χ1v) is 10.4. The van der Waals surface area contributed by atoms with Crippen LogP contribution in [0.5, 0.6) is 0 Å². The van der Waals surface area contributed by atoms with Crippen molar-refractivity contribution >= 4 is 22.7 Å². The van der Waals surface area contributed by atoms with Gasteiger partial charge in [-0.2, -0.15) is 0 Å². The third kappa shape index (κ3) is 2.33. The van der Waals surface area contributed by atoms with Crippen molar-refractivity contribution in [3.63, 3.8) is 0 Å². The molecule has 1 aliphatic carbocycles. The monoisotopic (exact) mass is 372 g/mol. The standard InChI is InChI=1S/C23H20N2OS/c1-24-19-14-20(27-2)18-13-12-15-8-6-7-11-17(15)21(18)22(19)23(26)25(24)16-9-4-3-5-10-16/h3-11,14H,12-13H2,1-2H3. The molecule has 0 amide bonds. The normalized spacial score (nSPS) is 12.8. The van der Waals surface area contributed by atoms with Crippen LogP contribution in [0.25, 0.3) is 27.7 Å². The van der Waals surface area contributed by atoms with Crippen LogP contribution in [0.15, 0.2) is 70.4 Å². The number of hydrogen-bond acceptors (Lipinski definition) is 2. The lowest BCUT2D eigenvalue weighted by atomic mass is 9.84. The van der Waals surface area contributed by atoms with Crippen molar-refractivity contribution in [2.24, 2.45) is 7.05 Å². The summed E-state index contributed by atoms with van der Waals surface area (Å²) in [5, 5.41) is 0.835. The van der Waals surface area contributed by atoms with Gasteiger partial charge in [-0.1, -0.05) is 42.5 Å². The molecule has 4 aromatic rings. The van der Waals surface area contributed by atoms with Gasteiger partial charge in [0.05, 0.1) is 16.6 Å². The molecule has 1 heterocycles. The van der Waals surface area contributed by atoms with E-state index in [2.05, 4.69) is 36.6 Å². The van der Waals surface area contributed by atoms with Gasteiger partial charge in [-0.15, -0.1) is 11.8 Å². The molecule has 0 N–H and O–H groups in total. The highest BCUT2D eigenvalue weighted by Gasteiger charge is 2.26. The van der Waals surface area contributed by atoms with Gasteiger partial charge in [0.25, 0.3) is 5.56 Å². The fourth-order valence-electron chi connectivity index (χ4n) is 4.34. The molecule has 0 fully saturated rings. The molecule has 0 spiro atoms. The summed E-state index contributed by atoms with van der Waals surface area (Å²) >= 11 is 1.77. The maximum absolute atomic E-state index is 13.6. The molecule has 0 radical (unpaired) electrons. The van der Waals surface area contributed by atoms with E-state index in [9.17, 15) is 4.79 Å². The summed E-state index contributed by atoms with van der Waals surface area (Å²) in [4.78, 5) is 14.8. The summed E-state index contributed by atoms with van der Waals surface area (Å²) in [6.07, 6.45) is 4.13. The summed E-state index contributed by atoms with van der Waals surface area (Å²) in [6, 6.07) is 20.6. The van der Waals surface area contributed by atoms with Crippen molar-refractivity contribution in [3.8, 4) is 16.8 Å². The molecule has 1 aliphatic rings. The van der Waals surface area contributed by atoms with Crippen LogP contribution < -0.4 is 5.56 Å². The van der Waals surface area contributed by atoms with E-state index in [-0.39, 0.29) is 5.56 Å². The minimum absolute atomic E-state index is 0.0549. The van der Waals surface area contributed by atoms with Gasteiger partial charge >= 0.3 is 0 Å². The highest BCUT2D eigenvalue weighted by molar-refractivity contribution is 7.98. The van der Waals surface area contributed by atoms with Crippen molar-refractivity contribution in [2.45, 2.75) is 17.7 Å². The first kappa shape index (κ1) is 16.5.